The number of carbonyl (C=O) groups is 1. The predicted octanol–water partition coefficient (Wildman–Crippen LogP) is 4.79. The lowest BCUT2D eigenvalue weighted by atomic mass is 9.96. The third kappa shape index (κ3) is 4.84. The average Bonchev–Trinajstić information content (AvgIpc) is 3.35. The summed E-state index contributed by atoms with van der Waals surface area (Å²) in [6.07, 6.45) is -0.458. The first-order valence-corrected chi connectivity index (χ1v) is 13.1. The number of aromatic amines is 1. The van der Waals surface area contributed by atoms with E-state index in [0.29, 0.717) is 43.7 Å². The van der Waals surface area contributed by atoms with Crippen LogP contribution in [0.1, 0.15) is 39.5 Å². The molecule has 2 saturated heterocycles. The molecule has 0 bridgehead atoms. The van der Waals surface area contributed by atoms with E-state index < -0.39 is 42.4 Å². The van der Waals surface area contributed by atoms with Crippen molar-refractivity contribution in [2.45, 2.75) is 69.3 Å². The number of aromatic nitrogens is 5. The molecule has 3 aromatic rings. The lowest BCUT2D eigenvalue weighted by Crippen LogP contribution is -2.61. The Balaban J connectivity index is 1.30. The van der Waals surface area contributed by atoms with E-state index in [2.05, 4.69) is 25.6 Å². The number of nitrogens with one attached hydrogen (secondary N) is 2. The van der Waals surface area contributed by atoms with Gasteiger partial charge in [0.2, 0.25) is 0 Å². The largest absolute Gasteiger partial charge is 0.408 e. The van der Waals surface area contributed by atoms with Gasteiger partial charge in [0.1, 0.15) is 17.8 Å². The third-order valence-corrected chi connectivity index (χ3v) is 7.92. The Morgan fingerprint density at radius 2 is 1.88 bits per heavy atom. The van der Waals surface area contributed by atoms with Gasteiger partial charge in [0.15, 0.2) is 5.82 Å². The molecule has 1 spiro atoms. The van der Waals surface area contributed by atoms with Crippen molar-refractivity contribution in [2.75, 3.05) is 36.5 Å². The second-order valence-electron chi connectivity index (χ2n) is 11.2. The fourth-order valence-electron chi connectivity index (χ4n) is 5.80. The number of alkyl halides is 5. The summed E-state index contributed by atoms with van der Waals surface area (Å²) in [5.41, 5.74) is -0.146. The first-order valence-electron chi connectivity index (χ1n) is 13.1. The highest BCUT2D eigenvalue weighted by Crippen LogP contribution is 2.51. The number of rotatable bonds is 6. The topological polar surface area (TPSA) is 104 Å². The number of halogens is 5. The Kier molecular flexibility index (Phi) is 6.02. The standard InChI is InChI=1S/C25H29F5N8O2/c1-3-40-22(2)11-36(12-22)20-15-9-31-16(8-18(15)38(35-20)14-25(28,29)30)19-17(10-32-34-19)33-21(39)37-13-24(26,27)7-6-23(37)4-5-23/h8-10H,3-7,11-14H2,1-2H3,(H,32,34)(H,33,39). The van der Waals surface area contributed by atoms with Gasteiger partial charge in [0, 0.05) is 24.8 Å². The highest BCUT2D eigenvalue weighted by molar-refractivity contribution is 5.96. The molecule has 216 valence electrons. The fourth-order valence-corrected chi connectivity index (χ4v) is 5.80. The summed E-state index contributed by atoms with van der Waals surface area (Å²) in [7, 11) is 0. The molecule has 10 nitrogen and oxygen atoms in total. The molecular formula is C25H29F5N8O2. The molecular weight excluding hydrogens is 539 g/mol. The molecule has 15 heteroatoms. The van der Waals surface area contributed by atoms with Gasteiger partial charge in [0.05, 0.1) is 48.1 Å². The Hall–Kier alpha value is -3.49. The van der Waals surface area contributed by atoms with Gasteiger partial charge in [-0.1, -0.05) is 0 Å². The minimum Gasteiger partial charge on any atom is -0.372 e. The number of likely N-dealkylation sites (tertiary alicyclic amines) is 1. The molecule has 0 radical (unpaired) electrons. The van der Waals surface area contributed by atoms with Crippen molar-refractivity contribution in [1.29, 1.82) is 0 Å². The summed E-state index contributed by atoms with van der Waals surface area (Å²) in [4.78, 5) is 20.6. The minimum absolute atomic E-state index is 0.180. The maximum Gasteiger partial charge on any atom is 0.408 e. The van der Waals surface area contributed by atoms with Crippen molar-refractivity contribution in [3.05, 3.63) is 18.5 Å². The second kappa shape index (κ2) is 9.01. The number of urea groups is 1. The van der Waals surface area contributed by atoms with E-state index in [9.17, 15) is 26.7 Å². The zero-order chi connectivity index (χ0) is 28.5. The van der Waals surface area contributed by atoms with Gasteiger partial charge in [0.25, 0.3) is 5.92 Å². The molecule has 1 aliphatic carbocycles. The lowest BCUT2D eigenvalue weighted by Gasteiger charge is -2.47. The number of hydrogen-bond acceptors (Lipinski definition) is 6. The zero-order valence-corrected chi connectivity index (χ0v) is 22.0. The van der Waals surface area contributed by atoms with Gasteiger partial charge < -0.3 is 19.9 Å². The number of pyridine rings is 1. The monoisotopic (exact) mass is 568 g/mol. The summed E-state index contributed by atoms with van der Waals surface area (Å²) < 4.78 is 75.2. The SMILES string of the molecule is CCOC1(C)CN(c2nn(CC(F)(F)F)c3cc(-c4[nH]ncc4NC(=O)N4CC(F)(F)CCC45CC5)ncc23)C1. The van der Waals surface area contributed by atoms with Crippen molar-refractivity contribution < 1.29 is 31.5 Å². The van der Waals surface area contributed by atoms with Crippen LogP contribution >= 0.6 is 0 Å². The molecule has 3 aromatic heterocycles. The number of hydrogen-bond donors (Lipinski definition) is 2. The van der Waals surface area contributed by atoms with E-state index in [0.717, 1.165) is 4.68 Å². The van der Waals surface area contributed by atoms with Crippen molar-refractivity contribution in [3.8, 4) is 11.4 Å². The van der Waals surface area contributed by atoms with E-state index in [1.54, 1.807) is 0 Å². The van der Waals surface area contributed by atoms with Crippen molar-refractivity contribution in [2.24, 2.45) is 0 Å². The number of carbonyl (C=O) groups excluding carboxylic acids is 1. The molecule has 2 aliphatic heterocycles. The van der Waals surface area contributed by atoms with Crippen LogP contribution in [-0.4, -0.2) is 85.4 Å². The Bertz CT molecular complexity index is 1440. The van der Waals surface area contributed by atoms with Crippen LogP contribution in [0.15, 0.2) is 18.5 Å². The van der Waals surface area contributed by atoms with Crippen molar-refractivity contribution in [1.82, 2.24) is 29.9 Å². The summed E-state index contributed by atoms with van der Waals surface area (Å²) >= 11 is 0. The Morgan fingerprint density at radius 3 is 2.55 bits per heavy atom. The van der Waals surface area contributed by atoms with E-state index in [4.69, 9.17) is 4.74 Å². The van der Waals surface area contributed by atoms with Crippen molar-refractivity contribution in [3.63, 3.8) is 0 Å². The van der Waals surface area contributed by atoms with E-state index >= 15 is 0 Å². The van der Waals surface area contributed by atoms with Crippen LogP contribution in [0.4, 0.5) is 38.3 Å². The molecule has 6 rings (SSSR count). The number of nitrogens with zero attached hydrogens (tertiary/aromatic N) is 6. The predicted molar refractivity (Wildman–Crippen MR) is 135 cm³/mol. The maximum absolute atomic E-state index is 14.1. The number of fused-ring (bicyclic) bond motifs is 1. The average molecular weight is 569 g/mol. The first-order chi connectivity index (χ1) is 18.8. The molecule has 1 saturated carbocycles. The molecule has 5 heterocycles. The molecule has 0 atom stereocenters. The van der Waals surface area contributed by atoms with Crippen LogP contribution < -0.4 is 10.2 Å². The molecule has 40 heavy (non-hydrogen) atoms. The first kappa shape index (κ1) is 26.7. The molecule has 0 aromatic carbocycles. The molecule has 2 amide bonds. The number of piperidine rings is 1. The zero-order valence-electron chi connectivity index (χ0n) is 22.0. The highest BCUT2D eigenvalue weighted by Gasteiger charge is 2.57. The number of ether oxygens (including phenoxy) is 1. The van der Waals surface area contributed by atoms with Crippen LogP contribution in [-0.2, 0) is 11.3 Å². The summed E-state index contributed by atoms with van der Waals surface area (Å²) in [6, 6.07) is 0.764. The van der Waals surface area contributed by atoms with Crippen LogP contribution in [0.2, 0.25) is 0 Å². The van der Waals surface area contributed by atoms with E-state index in [1.165, 1.54) is 23.4 Å². The normalized spacial score (nSPS) is 21.1. The fraction of sp³-hybridized carbons (Fsp3) is 0.600. The van der Waals surface area contributed by atoms with E-state index in [-0.39, 0.29) is 35.4 Å². The number of amides is 2. The van der Waals surface area contributed by atoms with Crippen LogP contribution in [0.3, 0.4) is 0 Å². The second-order valence-corrected chi connectivity index (χ2v) is 11.2. The molecule has 3 fully saturated rings. The van der Waals surface area contributed by atoms with E-state index in [1.807, 2.05) is 18.7 Å². The van der Waals surface area contributed by atoms with Crippen LogP contribution in [0, 0.1) is 0 Å². The van der Waals surface area contributed by atoms with Crippen LogP contribution in [0.25, 0.3) is 22.3 Å². The molecule has 2 N–H and O–H groups in total. The van der Waals surface area contributed by atoms with Gasteiger partial charge >= 0.3 is 12.2 Å². The minimum atomic E-state index is -4.52. The van der Waals surface area contributed by atoms with Crippen molar-refractivity contribution >= 4 is 28.4 Å². The quantitative estimate of drug-likeness (QED) is 0.415. The Labute approximate surface area is 225 Å². The van der Waals surface area contributed by atoms with Gasteiger partial charge in [-0.15, -0.1) is 0 Å². The Morgan fingerprint density at radius 1 is 1.15 bits per heavy atom. The summed E-state index contributed by atoms with van der Waals surface area (Å²) in [6.45, 7) is 3.29. The number of anilines is 2. The highest BCUT2D eigenvalue weighted by atomic mass is 19.4. The smallest absolute Gasteiger partial charge is 0.372 e. The maximum atomic E-state index is 14.1. The number of H-pyrrole nitrogens is 1. The summed E-state index contributed by atoms with van der Waals surface area (Å²) in [5.74, 6) is -2.60. The molecule has 3 aliphatic rings. The molecule has 0 unspecified atom stereocenters. The lowest BCUT2D eigenvalue weighted by molar-refractivity contribution is -0.141. The van der Waals surface area contributed by atoms with Gasteiger partial charge in [-0.05, 0) is 39.2 Å². The van der Waals surface area contributed by atoms with Crippen LogP contribution in [0.5, 0.6) is 0 Å². The van der Waals surface area contributed by atoms with Gasteiger partial charge in [-0.2, -0.15) is 23.4 Å². The van der Waals surface area contributed by atoms with Gasteiger partial charge in [-0.3, -0.25) is 14.8 Å². The summed E-state index contributed by atoms with van der Waals surface area (Å²) in [5, 5.41) is 14.0. The third-order valence-electron chi connectivity index (χ3n) is 7.92. The van der Waals surface area contributed by atoms with Gasteiger partial charge in [-0.25, -0.2) is 13.6 Å².